The highest BCUT2D eigenvalue weighted by Crippen LogP contribution is 2.42. The molecule has 6 nitrogen and oxygen atoms in total. The zero-order chi connectivity index (χ0) is 22.0. The van der Waals surface area contributed by atoms with Gasteiger partial charge in [0.15, 0.2) is 5.11 Å². The number of hydrogen-bond donors (Lipinski definition) is 3. The van der Waals surface area contributed by atoms with E-state index in [2.05, 4.69) is 15.8 Å². The van der Waals surface area contributed by atoms with Crippen molar-refractivity contribution in [2.24, 2.45) is 5.10 Å². The molecule has 2 aromatic carbocycles. The maximum absolute atomic E-state index is 9.99. The lowest BCUT2D eigenvalue weighted by molar-refractivity contribution is 0.0320. The third kappa shape index (κ3) is 4.72. The normalized spacial score (nSPS) is 18.2. The molecule has 2 aliphatic rings. The minimum atomic E-state index is -0.242. The first-order valence-electron chi connectivity index (χ1n) is 10.4. The second-order valence-electron chi connectivity index (χ2n) is 8.13. The summed E-state index contributed by atoms with van der Waals surface area (Å²) in [6, 6.07) is 8.77. The predicted octanol–water partition coefficient (Wildman–Crippen LogP) is 5.54. The van der Waals surface area contributed by atoms with Crippen molar-refractivity contribution in [2.45, 2.75) is 51.0 Å². The molecular weight excluding hydrogens is 434 g/mol. The van der Waals surface area contributed by atoms with Crippen LogP contribution in [0.2, 0.25) is 5.02 Å². The number of phenolic OH excluding ortho intramolecular Hbond substituents is 1. The van der Waals surface area contributed by atoms with Crippen LogP contribution in [0.1, 0.15) is 49.7 Å². The van der Waals surface area contributed by atoms with Crippen molar-refractivity contribution in [1.82, 2.24) is 5.43 Å². The summed E-state index contributed by atoms with van der Waals surface area (Å²) in [6.45, 7) is 1.92. The van der Waals surface area contributed by atoms with E-state index in [0.717, 1.165) is 48.3 Å². The van der Waals surface area contributed by atoms with Gasteiger partial charge in [-0.1, -0.05) is 18.0 Å². The van der Waals surface area contributed by atoms with Gasteiger partial charge in [-0.15, -0.1) is 0 Å². The predicted molar refractivity (Wildman–Crippen MR) is 128 cm³/mol. The molecule has 0 aromatic heterocycles. The Morgan fingerprint density at radius 1 is 1.23 bits per heavy atom. The van der Waals surface area contributed by atoms with E-state index >= 15 is 0 Å². The molecule has 1 spiro atoms. The Hall–Kier alpha value is -2.51. The van der Waals surface area contributed by atoms with Crippen molar-refractivity contribution >= 4 is 40.3 Å². The molecule has 0 amide bonds. The third-order valence-corrected chi connectivity index (χ3v) is 6.48. The molecule has 2 aromatic rings. The standard InChI is InChI=1S/C23H26ClN3O3S/c1-14-10-18(21(29-2)12-17(14)24)25-22(31)27-26-19-13-23(8-4-3-5-9-23)30-20-7-6-15(28)11-16(19)20/h6-7,10-12,28H,3-5,8-9,13H2,1-2H3,(H2,25,27,31)/b26-19+. The average molecular weight is 460 g/mol. The molecule has 0 radical (unpaired) electrons. The van der Waals surface area contributed by atoms with Gasteiger partial charge in [-0.05, 0) is 74.7 Å². The summed E-state index contributed by atoms with van der Waals surface area (Å²) in [5.74, 6) is 1.52. The number of nitrogens with zero attached hydrogens (tertiary/aromatic N) is 1. The number of benzene rings is 2. The molecule has 1 aliphatic heterocycles. The second-order valence-corrected chi connectivity index (χ2v) is 8.94. The van der Waals surface area contributed by atoms with Crippen molar-refractivity contribution < 1.29 is 14.6 Å². The fraction of sp³-hybridized carbons (Fsp3) is 0.391. The van der Waals surface area contributed by atoms with Crippen LogP contribution in [0.3, 0.4) is 0 Å². The monoisotopic (exact) mass is 459 g/mol. The van der Waals surface area contributed by atoms with E-state index in [-0.39, 0.29) is 11.4 Å². The lowest BCUT2D eigenvalue weighted by Crippen LogP contribution is -2.44. The van der Waals surface area contributed by atoms with Crippen LogP contribution in [-0.2, 0) is 0 Å². The quantitative estimate of drug-likeness (QED) is 0.413. The van der Waals surface area contributed by atoms with Crippen LogP contribution in [0.5, 0.6) is 17.2 Å². The maximum Gasteiger partial charge on any atom is 0.191 e. The van der Waals surface area contributed by atoms with Crippen molar-refractivity contribution in [3.63, 3.8) is 0 Å². The van der Waals surface area contributed by atoms with E-state index in [0.29, 0.717) is 28.0 Å². The number of fused-ring (bicyclic) bond motifs is 1. The topological polar surface area (TPSA) is 75.1 Å². The molecule has 1 fully saturated rings. The number of methoxy groups -OCH3 is 1. The average Bonchev–Trinajstić information content (AvgIpc) is 2.75. The number of aryl methyl sites for hydroxylation is 1. The van der Waals surface area contributed by atoms with Gasteiger partial charge in [0.1, 0.15) is 22.8 Å². The van der Waals surface area contributed by atoms with Gasteiger partial charge in [-0.25, -0.2) is 0 Å². The Kier molecular flexibility index (Phi) is 6.25. The molecule has 8 heteroatoms. The summed E-state index contributed by atoms with van der Waals surface area (Å²) in [4.78, 5) is 0. The Morgan fingerprint density at radius 2 is 2.00 bits per heavy atom. The fourth-order valence-corrected chi connectivity index (χ4v) is 4.58. The Balaban J connectivity index is 1.57. The molecule has 31 heavy (non-hydrogen) atoms. The van der Waals surface area contributed by atoms with E-state index in [1.165, 1.54) is 6.42 Å². The largest absolute Gasteiger partial charge is 0.508 e. The third-order valence-electron chi connectivity index (χ3n) is 5.88. The van der Waals surface area contributed by atoms with Gasteiger partial charge in [0.05, 0.1) is 18.5 Å². The van der Waals surface area contributed by atoms with E-state index in [9.17, 15) is 5.11 Å². The molecule has 3 N–H and O–H groups in total. The number of hydrazone groups is 1. The maximum atomic E-state index is 9.99. The highest BCUT2D eigenvalue weighted by Gasteiger charge is 2.40. The minimum Gasteiger partial charge on any atom is -0.508 e. The van der Waals surface area contributed by atoms with Gasteiger partial charge in [-0.3, -0.25) is 5.43 Å². The highest BCUT2D eigenvalue weighted by molar-refractivity contribution is 7.80. The number of rotatable bonds is 3. The summed E-state index contributed by atoms with van der Waals surface area (Å²) in [5.41, 5.74) is 5.93. The van der Waals surface area contributed by atoms with Crippen LogP contribution in [0.25, 0.3) is 0 Å². The molecule has 1 heterocycles. The van der Waals surface area contributed by atoms with Crippen molar-refractivity contribution in [2.75, 3.05) is 12.4 Å². The van der Waals surface area contributed by atoms with E-state index < -0.39 is 0 Å². The second kappa shape index (κ2) is 8.93. The number of aromatic hydroxyl groups is 1. The van der Waals surface area contributed by atoms with Gasteiger partial charge in [0.2, 0.25) is 0 Å². The molecule has 164 valence electrons. The van der Waals surface area contributed by atoms with Crippen molar-refractivity contribution in [3.8, 4) is 17.2 Å². The van der Waals surface area contributed by atoms with Gasteiger partial charge < -0.3 is 19.9 Å². The first-order valence-corrected chi connectivity index (χ1v) is 11.2. The first kappa shape index (κ1) is 21.7. The van der Waals surface area contributed by atoms with Crippen LogP contribution in [0.15, 0.2) is 35.4 Å². The summed E-state index contributed by atoms with van der Waals surface area (Å²) in [5, 5.41) is 18.7. The lowest BCUT2D eigenvalue weighted by Gasteiger charge is -2.41. The van der Waals surface area contributed by atoms with Crippen LogP contribution in [0, 0.1) is 6.92 Å². The van der Waals surface area contributed by atoms with Crippen LogP contribution in [0.4, 0.5) is 5.69 Å². The number of phenols is 1. The zero-order valence-electron chi connectivity index (χ0n) is 17.6. The Labute approximate surface area is 192 Å². The Bertz CT molecular complexity index is 1030. The highest BCUT2D eigenvalue weighted by atomic mass is 35.5. The number of ether oxygens (including phenoxy) is 2. The van der Waals surface area contributed by atoms with Gasteiger partial charge in [0, 0.05) is 23.1 Å². The fourth-order valence-electron chi connectivity index (χ4n) is 4.28. The van der Waals surface area contributed by atoms with Crippen LogP contribution < -0.4 is 20.2 Å². The summed E-state index contributed by atoms with van der Waals surface area (Å²) in [6.07, 6.45) is 6.18. The van der Waals surface area contributed by atoms with Gasteiger partial charge in [-0.2, -0.15) is 5.10 Å². The molecular formula is C23H26ClN3O3S. The molecule has 0 bridgehead atoms. The van der Waals surface area contributed by atoms with Gasteiger partial charge >= 0.3 is 0 Å². The summed E-state index contributed by atoms with van der Waals surface area (Å²) < 4.78 is 11.8. The van der Waals surface area contributed by atoms with E-state index in [1.54, 1.807) is 25.3 Å². The number of halogens is 1. The zero-order valence-corrected chi connectivity index (χ0v) is 19.2. The molecule has 1 saturated carbocycles. The summed E-state index contributed by atoms with van der Waals surface area (Å²) >= 11 is 11.6. The van der Waals surface area contributed by atoms with Gasteiger partial charge in [0.25, 0.3) is 0 Å². The van der Waals surface area contributed by atoms with E-state index in [1.807, 2.05) is 19.1 Å². The number of nitrogens with one attached hydrogen (secondary N) is 2. The first-order chi connectivity index (χ1) is 14.9. The molecule has 0 unspecified atom stereocenters. The molecule has 1 aliphatic carbocycles. The van der Waals surface area contributed by atoms with Crippen molar-refractivity contribution in [3.05, 3.63) is 46.5 Å². The molecule has 0 atom stereocenters. The lowest BCUT2D eigenvalue weighted by atomic mass is 9.78. The van der Waals surface area contributed by atoms with E-state index in [4.69, 9.17) is 33.3 Å². The van der Waals surface area contributed by atoms with Crippen LogP contribution >= 0.6 is 23.8 Å². The SMILES string of the molecule is COc1cc(Cl)c(C)cc1NC(=S)N/N=C1\CC2(CCCCC2)Oc2ccc(O)cc21. The summed E-state index contributed by atoms with van der Waals surface area (Å²) in [7, 11) is 1.58. The minimum absolute atomic E-state index is 0.178. The number of anilines is 1. The number of hydrogen-bond acceptors (Lipinski definition) is 5. The molecule has 4 rings (SSSR count). The molecule has 0 saturated heterocycles. The number of thiocarbonyl (C=S) groups is 1. The van der Waals surface area contributed by atoms with Crippen molar-refractivity contribution in [1.29, 1.82) is 0 Å². The van der Waals surface area contributed by atoms with Crippen LogP contribution in [-0.4, -0.2) is 28.6 Å². The Morgan fingerprint density at radius 3 is 2.74 bits per heavy atom. The smallest absolute Gasteiger partial charge is 0.191 e.